The van der Waals surface area contributed by atoms with E-state index < -0.39 is 232 Å². The Morgan fingerprint density at radius 3 is 0.308 bits per heavy atom. The fraction of sp³-hybridized carbons (Fsp3) is 0.768. The minimum Gasteiger partial charge on any atom is -0.480 e. The highest BCUT2D eigenvalue weighted by molar-refractivity contribution is 5.81. The van der Waals surface area contributed by atoms with Crippen molar-refractivity contribution in [2.45, 2.75) is 0 Å². The van der Waals surface area contributed by atoms with Crippen LogP contribution in [0, 0.1) is 5.41 Å². The molecule has 4 rings (SSSR count). The number of carboxylic acid groups (broad SMARTS) is 12. The number of nitrogens with zero attached hydrogens (tertiary/aromatic N) is 16. The van der Waals surface area contributed by atoms with Crippen LogP contribution >= 0.6 is 0 Å². The van der Waals surface area contributed by atoms with Crippen molar-refractivity contribution in [1.29, 1.82) is 0 Å². The number of hydrogen-bond donors (Lipinski definition) is 16. The molecule has 4 aliphatic heterocycles. The van der Waals surface area contributed by atoms with Gasteiger partial charge < -0.3 is 82.5 Å². The van der Waals surface area contributed by atoms with Crippen molar-refractivity contribution in [2.24, 2.45) is 5.41 Å². The number of aliphatic carboxylic acids is 12. The molecule has 0 spiro atoms. The summed E-state index contributed by atoms with van der Waals surface area (Å²) in [5, 5.41) is 130. The minimum absolute atomic E-state index is 0.000237. The Morgan fingerprint density at radius 1 is 0.154 bits per heavy atom. The zero-order valence-corrected chi connectivity index (χ0v) is 66.3. The van der Waals surface area contributed by atoms with Crippen LogP contribution in [0.15, 0.2) is 0 Å². The molecule has 48 heteroatoms. The zero-order chi connectivity index (χ0) is 86.6. The van der Waals surface area contributed by atoms with Gasteiger partial charge in [0.15, 0.2) is 0 Å². The van der Waals surface area contributed by atoms with Gasteiger partial charge in [-0.2, -0.15) is 0 Å². The molecule has 0 radical (unpaired) electrons. The quantitative estimate of drug-likeness (QED) is 0.0271. The number of carboxylic acids is 12. The molecule has 0 unspecified atom stereocenters. The number of rotatable bonds is 40. The van der Waals surface area contributed by atoms with Gasteiger partial charge in [0.2, 0.25) is 23.6 Å². The Balaban J connectivity index is 1.89. The van der Waals surface area contributed by atoms with E-state index in [4.69, 9.17) is 0 Å². The van der Waals surface area contributed by atoms with E-state index in [2.05, 4.69) is 21.3 Å². The first-order valence-corrected chi connectivity index (χ1v) is 38.6. The molecule has 4 amide bonds. The molecule has 0 aromatic carbocycles. The molecule has 0 aromatic heterocycles. The highest BCUT2D eigenvalue weighted by Crippen LogP contribution is 2.16. The van der Waals surface area contributed by atoms with Crippen LogP contribution in [0.25, 0.3) is 0 Å². The molecule has 0 bridgehead atoms. The molecule has 0 saturated carbocycles. The first kappa shape index (κ1) is 100. The summed E-state index contributed by atoms with van der Waals surface area (Å²) in [5.41, 5.74) is -1.74. The molecule has 4 saturated heterocycles. The highest BCUT2D eigenvalue weighted by Gasteiger charge is 2.36. The van der Waals surface area contributed by atoms with Gasteiger partial charge in [-0.15, -0.1) is 0 Å². The Morgan fingerprint density at radius 2 is 0.231 bits per heavy atom. The summed E-state index contributed by atoms with van der Waals surface area (Å²) in [7, 11) is 0. The lowest BCUT2D eigenvalue weighted by atomic mass is 9.86. The van der Waals surface area contributed by atoms with Gasteiger partial charge in [-0.05, 0) is 0 Å². The van der Waals surface area contributed by atoms with Gasteiger partial charge in [-0.1, -0.05) is 0 Å². The maximum atomic E-state index is 14.9. The van der Waals surface area contributed by atoms with Gasteiger partial charge in [0, 0.05) is 241 Å². The second kappa shape index (κ2) is 54.1. The maximum absolute atomic E-state index is 14.9. The molecule has 16 N–H and O–H groups in total. The predicted octanol–water partition coefficient (Wildman–Crippen LogP) is -11.7. The van der Waals surface area contributed by atoms with E-state index >= 15 is 0 Å². The number of hydrogen-bond acceptors (Lipinski definition) is 32. The van der Waals surface area contributed by atoms with E-state index in [1.54, 1.807) is 39.2 Å². The van der Waals surface area contributed by atoms with Crippen molar-refractivity contribution >= 4 is 95.3 Å². The third kappa shape index (κ3) is 46.6. The van der Waals surface area contributed by atoms with Crippen molar-refractivity contribution in [3.8, 4) is 0 Å². The second-order valence-electron chi connectivity index (χ2n) is 29.8. The van der Waals surface area contributed by atoms with Gasteiger partial charge in [0.1, 0.15) is 0 Å². The average Bonchev–Trinajstić information content (AvgIpc) is 0.846. The average molecular weight is 1680 g/mol. The maximum Gasteiger partial charge on any atom is 0.317 e. The number of carbonyl (C=O) groups is 16. The smallest absolute Gasteiger partial charge is 0.317 e. The highest BCUT2D eigenvalue weighted by atomic mass is 16.4. The van der Waals surface area contributed by atoms with Crippen molar-refractivity contribution in [3.05, 3.63) is 0 Å². The molecule has 0 aliphatic carbocycles. The lowest BCUT2D eigenvalue weighted by molar-refractivity contribution is -0.140. The molecule has 48 nitrogen and oxygen atoms in total. The van der Waals surface area contributed by atoms with E-state index in [0.29, 0.717) is 0 Å². The standard InChI is InChI=1S/C69H120N20O28/c90-53(33-74-1-9-78(37-57(94)95)17-25-86(45-65(110)111)26-18-79(10-2-74)38-58(96)97)70-49-69(50-71-54(91)34-75-3-11-80(39-59(98)99)19-27-87(46-66(112)113)28-20-81(12-4-75)40-60(100)101,51-72-55(92)35-76-5-13-82(41-61(102)103)21-29-88(47-67(114)115)30-22-83(14-6-76)42-62(104)105)52-73-56(93)36-77-7-15-84(43-63(106)107)23-31-89(48-68(116)117)32-24-85(16-8-77)44-64(108)109/h1-52H2,(H,70,90)(H,71,91)(H,72,92)(H,73,93)(H,94,95)(H,96,97)(H,98,99)(H,100,101)(H,102,103)(H,104,105)(H,106,107)(H,108,109)(H,110,111)(H,112,113)(H,114,115)(H,116,117). The zero-order valence-electron chi connectivity index (χ0n) is 66.3. The summed E-state index contributed by atoms with van der Waals surface area (Å²) in [4.78, 5) is 230. The van der Waals surface area contributed by atoms with Gasteiger partial charge in [0.25, 0.3) is 0 Å². The lowest BCUT2D eigenvalue weighted by Gasteiger charge is -2.37. The SMILES string of the molecule is O=C(O)CN1CCN(CC(=O)O)CCN(CC(=O)NCC(CNC(=O)CN2CCN(CC(=O)O)CCN(CC(=O)O)CCN(CC(=O)O)CC2)(CNC(=O)CN2CCN(CC(=O)O)CCN(CC(=O)O)CCN(CC(=O)O)CC2)CNC(=O)CN2CCN(CC(=O)O)CCN(CC(=O)O)CCN(CC(=O)O)CC2)CCN(CC(=O)O)CC1. The Kier molecular flexibility index (Phi) is 46.3. The molecule has 117 heavy (non-hydrogen) atoms. The van der Waals surface area contributed by atoms with Crippen molar-refractivity contribution in [3.63, 3.8) is 0 Å². The Hall–Kier alpha value is -9.12. The van der Waals surface area contributed by atoms with Crippen LogP contribution in [-0.4, -0.2) is 575 Å². The first-order chi connectivity index (χ1) is 55.3. The van der Waals surface area contributed by atoms with E-state index in [1.165, 1.54) is 39.2 Å². The molecule has 0 aromatic rings. The number of amides is 4. The summed E-state index contributed by atoms with van der Waals surface area (Å²) >= 11 is 0. The molecule has 4 fully saturated rings. The Labute approximate surface area is 676 Å². The van der Waals surface area contributed by atoms with Gasteiger partial charge in [-0.25, -0.2) is 0 Å². The van der Waals surface area contributed by atoms with E-state index in [0.717, 1.165) is 0 Å². The second-order valence-corrected chi connectivity index (χ2v) is 29.8. The van der Waals surface area contributed by atoms with E-state index in [1.807, 2.05) is 0 Å². The van der Waals surface area contributed by atoms with Crippen LogP contribution in [0.5, 0.6) is 0 Å². The van der Waals surface area contributed by atoms with E-state index in [9.17, 15) is 138 Å². The molecule has 4 aliphatic rings. The molecule has 0 atom stereocenters. The summed E-state index contributed by atoms with van der Waals surface area (Å²) < 4.78 is 0. The van der Waals surface area contributed by atoms with Crippen LogP contribution in [0.2, 0.25) is 0 Å². The third-order valence-electron chi connectivity index (χ3n) is 20.1. The number of nitrogens with one attached hydrogen (secondary N) is 4. The third-order valence-corrected chi connectivity index (χ3v) is 20.1. The van der Waals surface area contributed by atoms with Crippen LogP contribution in [0.3, 0.4) is 0 Å². The minimum atomic E-state index is -1.74. The van der Waals surface area contributed by atoms with Crippen molar-refractivity contribution in [2.75, 3.05) is 340 Å². The molecule has 4 heterocycles. The predicted molar refractivity (Wildman–Crippen MR) is 409 cm³/mol. The van der Waals surface area contributed by atoms with Gasteiger partial charge in [0.05, 0.1) is 105 Å². The monoisotopic (exact) mass is 1680 g/mol. The van der Waals surface area contributed by atoms with Crippen LogP contribution < -0.4 is 21.3 Å². The molecular formula is C69H120N20O28. The molecular weight excluding hydrogens is 1560 g/mol. The summed E-state index contributed by atoms with van der Waals surface area (Å²) in [6.45, 7) is -8.88. The topological polar surface area (TPSA) is 616 Å². The van der Waals surface area contributed by atoms with Crippen molar-refractivity contribution < 1.29 is 138 Å². The van der Waals surface area contributed by atoms with Crippen LogP contribution in [0.1, 0.15) is 0 Å². The molecule has 664 valence electrons. The number of carbonyl (C=O) groups excluding carboxylic acids is 4. The largest absolute Gasteiger partial charge is 0.480 e. The summed E-state index contributed by atoms with van der Waals surface area (Å²) in [5.74, 6) is -17.3. The fourth-order valence-corrected chi connectivity index (χ4v) is 13.7. The van der Waals surface area contributed by atoms with Gasteiger partial charge in [-0.3, -0.25) is 155 Å². The van der Waals surface area contributed by atoms with Crippen LogP contribution in [-0.2, 0) is 76.7 Å². The summed E-state index contributed by atoms with van der Waals surface area (Å²) in [6.07, 6.45) is 0. The van der Waals surface area contributed by atoms with E-state index in [-0.39, 0.29) is 209 Å². The van der Waals surface area contributed by atoms with Gasteiger partial charge >= 0.3 is 71.6 Å². The van der Waals surface area contributed by atoms with Crippen LogP contribution in [0.4, 0.5) is 0 Å². The summed E-state index contributed by atoms with van der Waals surface area (Å²) in [6, 6.07) is 0. The Bertz CT molecular complexity index is 2720. The fourth-order valence-electron chi connectivity index (χ4n) is 13.7. The van der Waals surface area contributed by atoms with Crippen molar-refractivity contribution in [1.82, 2.24) is 99.7 Å². The lowest BCUT2D eigenvalue weighted by Crippen LogP contribution is -2.59. The normalized spacial score (nSPS) is 19.6. The first-order valence-electron chi connectivity index (χ1n) is 38.6.